The maximum atomic E-state index is 10.1. The van der Waals surface area contributed by atoms with Crippen LogP contribution in [0.25, 0.3) is 5.52 Å². The van der Waals surface area contributed by atoms with Crippen LogP contribution in [0.2, 0.25) is 5.02 Å². The van der Waals surface area contributed by atoms with Crippen molar-refractivity contribution >= 4 is 22.8 Å². The molecule has 0 bridgehead atoms. The molecule has 1 aromatic carbocycles. The summed E-state index contributed by atoms with van der Waals surface area (Å²) in [6, 6.07) is 9.37. The van der Waals surface area contributed by atoms with Crippen molar-refractivity contribution in [3.8, 4) is 5.75 Å². The Labute approximate surface area is 101 Å². The van der Waals surface area contributed by atoms with E-state index < -0.39 is 0 Å². The van der Waals surface area contributed by atoms with Gasteiger partial charge < -0.3 is 9.51 Å². The molecule has 0 saturated carbocycles. The Balaban J connectivity index is 2.40. The van der Waals surface area contributed by atoms with E-state index in [-0.39, 0.29) is 5.75 Å². The Bertz CT molecular complexity index is 911. The lowest BCUT2D eigenvalue weighted by molar-refractivity contribution is 0.483. The molecule has 0 unspecified atom stereocenters. The molecule has 1 N–H and O–H groups in total. The Morgan fingerprint density at radius 1 is 1.24 bits per heavy atom. The number of nitrogens with zero attached hydrogens (tertiary/aromatic N) is 2. The van der Waals surface area contributed by atoms with Crippen LogP contribution < -0.4 is 5.36 Å². The van der Waals surface area contributed by atoms with E-state index >= 15 is 0 Å². The largest absolute Gasteiger partial charge is 0.504 e. The molecule has 17 heavy (non-hydrogen) atoms. The van der Waals surface area contributed by atoms with E-state index in [0.717, 1.165) is 21.4 Å². The SMILES string of the molecule is Oc1c2c(n3cccc13)=c1ccc(Cl)cc1=N2. The molecule has 0 amide bonds. The molecule has 0 atom stereocenters. The van der Waals surface area contributed by atoms with Crippen molar-refractivity contribution in [2.75, 3.05) is 0 Å². The van der Waals surface area contributed by atoms with E-state index in [0.29, 0.717) is 10.7 Å². The number of rotatable bonds is 0. The van der Waals surface area contributed by atoms with Crippen LogP contribution >= 0.6 is 11.6 Å². The third-order valence-corrected chi connectivity index (χ3v) is 3.36. The Morgan fingerprint density at radius 3 is 3.00 bits per heavy atom. The number of fused-ring (bicyclic) bond motifs is 4. The number of benzene rings is 1. The van der Waals surface area contributed by atoms with Crippen molar-refractivity contribution in [1.82, 2.24) is 4.40 Å². The molecular formula is C13H7ClN2O. The molecule has 0 radical (unpaired) electrons. The lowest BCUT2D eigenvalue weighted by Gasteiger charge is -1.89. The smallest absolute Gasteiger partial charge is 0.167 e. The van der Waals surface area contributed by atoms with Crippen LogP contribution in [0, 0.1) is 10.6 Å². The average Bonchev–Trinajstić information content (AvgIpc) is 2.93. The monoisotopic (exact) mass is 242 g/mol. The fourth-order valence-electron chi connectivity index (χ4n) is 2.40. The van der Waals surface area contributed by atoms with Gasteiger partial charge in [0.15, 0.2) is 5.75 Å². The minimum Gasteiger partial charge on any atom is -0.504 e. The van der Waals surface area contributed by atoms with Crippen LogP contribution in [0.1, 0.15) is 0 Å². The maximum absolute atomic E-state index is 10.1. The van der Waals surface area contributed by atoms with Crippen molar-refractivity contribution in [3.63, 3.8) is 0 Å². The predicted molar refractivity (Wildman–Crippen MR) is 64.6 cm³/mol. The standard InChI is InChI=1S/C13H7ClN2O/c14-7-3-4-8-9(6-7)15-11-12(8)16-5-1-2-10(16)13(11)17/h1-6,17H. The highest BCUT2D eigenvalue weighted by Gasteiger charge is 2.17. The van der Waals surface area contributed by atoms with Crippen LogP contribution in [0.5, 0.6) is 5.75 Å². The molecule has 0 fully saturated rings. The van der Waals surface area contributed by atoms with Crippen molar-refractivity contribution in [3.05, 3.63) is 57.5 Å². The molecule has 1 aliphatic rings. The van der Waals surface area contributed by atoms with E-state index in [4.69, 9.17) is 11.6 Å². The summed E-state index contributed by atoms with van der Waals surface area (Å²) in [7, 11) is 0. The highest BCUT2D eigenvalue weighted by Crippen LogP contribution is 2.36. The lowest BCUT2D eigenvalue weighted by Crippen LogP contribution is -1.99. The molecule has 3 aromatic rings. The second-order valence-electron chi connectivity index (χ2n) is 4.08. The maximum Gasteiger partial charge on any atom is 0.167 e. The number of hydrogen-bond donors (Lipinski definition) is 1. The zero-order valence-corrected chi connectivity index (χ0v) is 9.44. The summed E-state index contributed by atoms with van der Waals surface area (Å²) < 4.78 is 1.95. The number of hydrogen-bond acceptors (Lipinski definition) is 2. The Hall–Kier alpha value is -2.00. The van der Waals surface area contributed by atoms with Gasteiger partial charge in [0.2, 0.25) is 0 Å². The zero-order valence-electron chi connectivity index (χ0n) is 8.68. The van der Waals surface area contributed by atoms with Gasteiger partial charge in [-0.25, -0.2) is 4.99 Å². The van der Waals surface area contributed by atoms with E-state index in [2.05, 4.69) is 4.99 Å². The summed E-state index contributed by atoms with van der Waals surface area (Å²) in [5, 5.41) is 13.5. The molecule has 0 saturated heterocycles. The van der Waals surface area contributed by atoms with Gasteiger partial charge >= 0.3 is 0 Å². The number of aromatic nitrogens is 1. The molecular weight excluding hydrogens is 236 g/mol. The van der Waals surface area contributed by atoms with Gasteiger partial charge in [0.25, 0.3) is 0 Å². The summed E-state index contributed by atoms with van der Waals surface area (Å²) in [5.74, 6) is 0.234. The lowest BCUT2D eigenvalue weighted by atomic mass is 10.3. The van der Waals surface area contributed by atoms with Gasteiger partial charge in [-0.2, -0.15) is 0 Å². The fourth-order valence-corrected chi connectivity index (χ4v) is 2.56. The van der Waals surface area contributed by atoms with Crippen molar-refractivity contribution in [1.29, 1.82) is 0 Å². The first-order valence-corrected chi connectivity index (χ1v) is 5.64. The third-order valence-electron chi connectivity index (χ3n) is 3.13. The topological polar surface area (TPSA) is 37.0 Å². The summed E-state index contributed by atoms with van der Waals surface area (Å²) >= 11 is 5.94. The Kier molecular flexibility index (Phi) is 1.50. The van der Waals surface area contributed by atoms with Crippen LogP contribution in [-0.4, -0.2) is 9.51 Å². The molecule has 3 nitrogen and oxygen atoms in total. The van der Waals surface area contributed by atoms with Crippen molar-refractivity contribution in [2.24, 2.45) is 4.99 Å². The molecule has 4 rings (SSSR count). The van der Waals surface area contributed by atoms with Gasteiger partial charge in [-0.3, -0.25) is 0 Å². The summed E-state index contributed by atoms with van der Waals surface area (Å²) in [6.45, 7) is 0. The first-order valence-electron chi connectivity index (χ1n) is 5.26. The van der Waals surface area contributed by atoms with Crippen molar-refractivity contribution < 1.29 is 5.11 Å². The Morgan fingerprint density at radius 2 is 2.12 bits per heavy atom. The van der Waals surface area contributed by atoms with Crippen LogP contribution in [-0.2, 0) is 0 Å². The van der Waals surface area contributed by atoms with Gasteiger partial charge in [-0.05, 0) is 30.3 Å². The molecule has 3 heterocycles. The highest BCUT2D eigenvalue weighted by molar-refractivity contribution is 6.30. The van der Waals surface area contributed by atoms with Crippen molar-refractivity contribution in [2.45, 2.75) is 0 Å². The van der Waals surface area contributed by atoms with E-state index in [1.54, 1.807) is 0 Å². The van der Waals surface area contributed by atoms with E-state index in [9.17, 15) is 5.11 Å². The highest BCUT2D eigenvalue weighted by atomic mass is 35.5. The molecule has 2 aromatic heterocycles. The molecule has 1 aliphatic heterocycles. The van der Waals surface area contributed by atoms with Gasteiger partial charge in [0.1, 0.15) is 5.69 Å². The second-order valence-corrected chi connectivity index (χ2v) is 4.52. The van der Waals surface area contributed by atoms with E-state index in [1.165, 1.54) is 0 Å². The number of aromatic hydroxyl groups is 1. The number of halogens is 1. The summed E-state index contributed by atoms with van der Waals surface area (Å²) in [6.07, 6.45) is 1.92. The van der Waals surface area contributed by atoms with Crippen LogP contribution in [0.3, 0.4) is 0 Å². The third kappa shape index (κ3) is 0.996. The van der Waals surface area contributed by atoms with Crippen LogP contribution in [0.15, 0.2) is 41.5 Å². The first-order chi connectivity index (χ1) is 8.25. The summed E-state index contributed by atoms with van der Waals surface area (Å²) in [4.78, 5) is 4.43. The zero-order chi connectivity index (χ0) is 11.6. The van der Waals surface area contributed by atoms with Gasteiger partial charge in [0.05, 0.1) is 16.2 Å². The summed E-state index contributed by atoms with van der Waals surface area (Å²) in [5.41, 5.74) is 1.43. The fraction of sp³-hybridized carbons (Fsp3) is 0. The van der Waals surface area contributed by atoms with Crippen LogP contribution in [0.4, 0.5) is 5.69 Å². The molecule has 82 valence electrons. The molecule has 4 heteroatoms. The average molecular weight is 243 g/mol. The quantitative estimate of drug-likeness (QED) is 0.506. The van der Waals surface area contributed by atoms with Gasteiger partial charge in [-0.1, -0.05) is 11.6 Å². The minimum absolute atomic E-state index is 0.234. The molecule has 0 spiro atoms. The van der Waals surface area contributed by atoms with Gasteiger partial charge in [-0.15, -0.1) is 0 Å². The van der Waals surface area contributed by atoms with E-state index in [1.807, 2.05) is 40.9 Å². The predicted octanol–water partition coefficient (Wildman–Crippen LogP) is 2.57. The van der Waals surface area contributed by atoms with Gasteiger partial charge in [0, 0.05) is 16.4 Å². The minimum atomic E-state index is 0.234. The normalized spacial score (nSPS) is 12.5. The second kappa shape index (κ2) is 2.81. The first kappa shape index (κ1) is 9.07. The molecule has 0 aliphatic carbocycles.